The van der Waals surface area contributed by atoms with Gasteiger partial charge in [-0.1, -0.05) is 44.2 Å². The van der Waals surface area contributed by atoms with Gasteiger partial charge in [-0.05, 0) is 47.2 Å². The molecule has 0 unspecified atom stereocenters. The van der Waals surface area contributed by atoms with Crippen LogP contribution >= 0.6 is 0 Å². The zero-order chi connectivity index (χ0) is 21.4. The van der Waals surface area contributed by atoms with Crippen molar-refractivity contribution in [2.24, 2.45) is 0 Å². The van der Waals surface area contributed by atoms with E-state index in [4.69, 9.17) is 4.42 Å². The highest BCUT2D eigenvalue weighted by Crippen LogP contribution is 2.28. The third-order valence-electron chi connectivity index (χ3n) is 5.56. The lowest BCUT2D eigenvalue weighted by Gasteiger charge is -2.16. The van der Waals surface area contributed by atoms with Crippen LogP contribution in [0.5, 0.6) is 0 Å². The summed E-state index contributed by atoms with van der Waals surface area (Å²) < 4.78 is 5.38. The summed E-state index contributed by atoms with van der Waals surface area (Å²) in [4.78, 5) is 38.7. The molecule has 1 saturated heterocycles. The molecule has 6 heteroatoms. The predicted molar refractivity (Wildman–Crippen MR) is 114 cm³/mol. The molecule has 4 rings (SSSR count). The molecule has 1 aromatic heterocycles. The largest absolute Gasteiger partial charge is 0.423 e. The first-order valence-corrected chi connectivity index (χ1v) is 10.1. The Kier molecular flexibility index (Phi) is 5.16. The highest BCUT2D eigenvalue weighted by molar-refractivity contribution is 6.04. The van der Waals surface area contributed by atoms with Crippen molar-refractivity contribution < 1.29 is 14.0 Å². The SMILES string of the molecule is Cc1cc2oc(=O)cc(CN3C(=O)N[C@H](Cc4ccccc4)C3=O)c2cc1C(C)C. The van der Waals surface area contributed by atoms with Crippen LogP contribution in [0.25, 0.3) is 11.0 Å². The van der Waals surface area contributed by atoms with Crippen LogP contribution in [0.15, 0.2) is 57.7 Å². The monoisotopic (exact) mass is 404 g/mol. The number of rotatable bonds is 5. The minimum absolute atomic E-state index is 0.0264. The Morgan fingerprint density at radius 3 is 2.50 bits per heavy atom. The Labute approximate surface area is 174 Å². The van der Waals surface area contributed by atoms with Gasteiger partial charge in [0, 0.05) is 17.9 Å². The molecule has 6 nitrogen and oxygen atoms in total. The smallest absolute Gasteiger partial charge is 0.336 e. The van der Waals surface area contributed by atoms with Crippen LogP contribution in [-0.4, -0.2) is 22.9 Å². The summed E-state index contributed by atoms with van der Waals surface area (Å²) in [7, 11) is 0. The number of fused-ring (bicyclic) bond motifs is 1. The fourth-order valence-electron chi connectivity index (χ4n) is 4.03. The Morgan fingerprint density at radius 1 is 1.07 bits per heavy atom. The van der Waals surface area contributed by atoms with Gasteiger partial charge in [0.25, 0.3) is 5.91 Å². The van der Waals surface area contributed by atoms with E-state index in [9.17, 15) is 14.4 Å². The average molecular weight is 404 g/mol. The summed E-state index contributed by atoms with van der Waals surface area (Å²) in [5.74, 6) is 0.00240. The lowest BCUT2D eigenvalue weighted by molar-refractivity contribution is -0.127. The molecule has 1 N–H and O–H groups in total. The molecule has 1 aliphatic rings. The van der Waals surface area contributed by atoms with Crippen LogP contribution in [0.3, 0.4) is 0 Å². The molecule has 1 atom stereocenters. The van der Waals surface area contributed by atoms with Gasteiger partial charge in [0.05, 0.1) is 6.54 Å². The average Bonchev–Trinajstić information content (AvgIpc) is 2.95. The van der Waals surface area contributed by atoms with Crippen molar-refractivity contribution in [3.63, 3.8) is 0 Å². The summed E-state index contributed by atoms with van der Waals surface area (Å²) in [6.45, 7) is 6.20. The summed E-state index contributed by atoms with van der Waals surface area (Å²) in [6.07, 6.45) is 0.427. The van der Waals surface area contributed by atoms with Crippen molar-refractivity contribution in [2.45, 2.75) is 45.7 Å². The number of amides is 3. The number of urea groups is 1. The van der Waals surface area contributed by atoms with Gasteiger partial charge in [-0.25, -0.2) is 9.59 Å². The van der Waals surface area contributed by atoms with E-state index in [-0.39, 0.29) is 12.5 Å². The molecule has 3 aromatic rings. The number of carbonyl (C=O) groups excluding carboxylic acids is 2. The van der Waals surface area contributed by atoms with Gasteiger partial charge < -0.3 is 9.73 Å². The molecule has 2 aromatic carbocycles. The zero-order valence-corrected chi connectivity index (χ0v) is 17.3. The van der Waals surface area contributed by atoms with Crippen molar-refractivity contribution in [1.29, 1.82) is 0 Å². The van der Waals surface area contributed by atoms with E-state index in [0.717, 1.165) is 22.1 Å². The first-order valence-electron chi connectivity index (χ1n) is 10.1. The van der Waals surface area contributed by atoms with Crippen molar-refractivity contribution in [3.8, 4) is 0 Å². The number of hydrogen-bond acceptors (Lipinski definition) is 4. The van der Waals surface area contributed by atoms with Crippen molar-refractivity contribution in [3.05, 3.63) is 81.2 Å². The Bertz CT molecular complexity index is 1180. The molecular weight excluding hydrogens is 380 g/mol. The third kappa shape index (κ3) is 3.73. The Morgan fingerprint density at radius 2 is 1.80 bits per heavy atom. The second-order valence-electron chi connectivity index (χ2n) is 8.07. The van der Waals surface area contributed by atoms with Crippen LogP contribution < -0.4 is 10.9 Å². The van der Waals surface area contributed by atoms with Gasteiger partial charge >= 0.3 is 11.7 Å². The van der Waals surface area contributed by atoms with Crippen LogP contribution in [0.4, 0.5) is 4.79 Å². The van der Waals surface area contributed by atoms with E-state index in [2.05, 4.69) is 19.2 Å². The minimum atomic E-state index is -0.611. The van der Waals surface area contributed by atoms with Gasteiger partial charge in [0.1, 0.15) is 11.6 Å². The van der Waals surface area contributed by atoms with Crippen molar-refractivity contribution >= 4 is 22.9 Å². The molecule has 0 aliphatic carbocycles. The van der Waals surface area contributed by atoms with E-state index in [0.29, 0.717) is 23.5 Å². The number of nitrogens with one attached hydrogen (secondary N) is 1. The quantitative estimate of drug-likeness (QED) is 0.517. The third-order valence-corrected chi connectivity index (χ3v) is 5.56. The van der Waals surface area contributed by atoms with Crippen molar-refractivity contribution in [1.82, 2.24) is 10.2 Å². The summed E-state index contributed by atoms with van der Waals surface area (Å²) >= 11 is 0. The molecular formula is C24H24N2O4. The Balaban J connectivity index is 1.66. The fraction of sp³-hybridized carbons (Fsp3) is 0.292. The van der Waals surface area contributed by atoms with Crippen LogP contribution in [0, 0.1) is 6.92 Å². The maximum absolute atomic E-state index is 12.9. The molecule has 30 heavy (non-hydrogen) atoms. The van der Waals surface area contributed by atoms with Crippen LogP contribution in [0.1, 0.15) is 42.0 Å². The first kappa shape index (κ1) is 19.9. The number of aryl methyl sites for hydroxylation is 1. The van der Waals surface area contributed by atoms with Gasteiger partial charge in [0.15, 0.2) is 0 Å². The fourth-order valence-corrected chi connectivity index (χ4v) is 4.03. The molecule has 1 fully saturated rings. The summed E-state index contributed by atoms with van der Waals surface area (Å²) in [5, 5.41) is 3.51. The standard InChI is InChI=1S/C24H24N2O4/c1-14(2)18-12-19-17(11-22(27)30-21(19)9-15(18)3)13-26-23(28)20(25-24(26)29)10-16-7-5-4-6-8-16/h4-9,11-12,14,20H,10,13H2,1-3H3,(H,25,29)/t20-/m1/s1. The topological polar surface area (TPSA) is 79.6 Å². The second kappa shape index (κ2) is 7.78. The summed E-state index contributed by atoms with van der Waals surface area (Å²) in [5.41, 5.74) is 3.72. The maximum Gasteiger partial charge on any atom is 0.336 e. The van der Waals surface area contributed by atoms with Gasteiger partial charge in [-0.3, -0.25) is 9.69 Å². The molecule has 0 saturated carbocycles. The minimum Gasteiger partial charge on any atom is -0.423 e. The molecule has 0 radical (unpaired) electrons. The molecule has 154 valence electrons. The number of benzene rings is 2. The van der Waals surface area contributed by atoms with E-state index < -0.39 is 17.7 Å². The van der Waals surface area contributed by atoms with E-state index in [1.807, 2.05) is 49.4 Å². The highest BCUT2D eigenvalue weighted by Gasteiger charge is 2.38. The lowest BCUT2D eigenvalue weighted by atomic mass is 9.95. The normalized spacial score (nSPS) is 16.5. The first-order chi connectivity index (χ1) is 14.3. The molecule has 1 aliphatic heterocycles. The molecule has 0 spiro atoms. The number of nitrogens with zero attached hydrogens (tertiary/aromatic N) is 1. The maximum atomic E-state index is 12.9. The van der Waals surface area contributed by atoms with Gasteiger partial charge in [-0.15, -0.1) is 0 Å². The molecule has 0 bridgehead atoms. The van der Waals surface area contributed by atoms with Gasteiger partial charge in [0.2, 0.25) is 0 Å². The highest BCUT2D eigenvalue weighted by atomic mass is 16.4. The van der Waals surface area contributed by atoms with Crippen LogP contribution in [-0.2, 0) is 17.8 Å². The van der Waals surface area contributed by atoms with E-state index in [1.54, 1.807) is 0 Å². The number of carbonyl (C=O) groups is 2. The Hall–Kier alpha value is -3.41. The number of imide groups is 1. The summed E-state index contributed by atoms with van der Waals surface area (Å²) in [6, 6.07) is 13.7. The zero-order valence-electron chi connectivity index (χ0n) is 17.3. The van der Waals surface area contributed by atoms with E-state index in [1.165, 1.54) is 11.0 Å². The van der Waals surface area contributed by atoms with Crippen LogP contribution in [0.2, 0.25) is 0 Å². The lowest BCUT2D eigenvalue weighted by Crippen LogP contribution is -2.32. The number of hydrogen-bond donors (Lipinski definition) is 1. The molecule has 2 heterocycles. The van der Waals surface area contributed by atoms with E-state index >= 15 is 0 Å². The predicted octanol–water partition coefficient (Wildman–Crippen LogP) is 3.89. The van der Waals surface area contributed by atoms with Crippen molar-refractivity contribution in [2.75, 3.05) is 0 Å². The second-order valence-corrected chi connectivity index (χ2v) is 8.07. The molecule has 3 amide bonds. The van der Waals surface area contributed by atoms with Gasteiger partial charge in [-0.2, -0.15) is 0 Å².